The number of ether oxygens (including phenoxy) is 1. The number of allylic oxidation sites excluding steroid dienone is 1. The van der Waals surface area contributed by atoms with Gasteiger partial charge in [-0.25, -0.2) is 4.79 Å². The first-order valence-electron chi connectivity index (χ1n) is 6.71. The SMILES string of the molecule is CCCC(C(=O)Oc1ccccc1)=C(CC)CC. The molecular weight excluding hydrogens is 224 g/mol. The third-order valence-electron chi connectivity index (χ3n) is 2.98. The molecule has 2 heteroatoms. The molecule has 0 aliphatic carbocycles. The fourth-order valence-electron chi connectivity index (χ4n) is 2.01. The van der Waals surface area contributed by atoms with Gasteiger partial charge in [0, 0.05) is 5.57 Å². The molecule has 1 aromatic carbocycles. The molecule has 0 spiro atoms. The van der Waals surface area contributed by atoms with E-state index in [-0.39, 0.29) is 5.97 Å². The van der Waals surface area contributed by atoms with E-state index in [4.69, 9.17) is 4.74 Å². The van der Waals surface area contributed by atoms with Gasteiger partial charge in [-0.3, -0.25) is 0 Å². The molecule has 1 rings (SSSR count). The van der Waals surface area contributed by atoms with Crippen molar-refractivity contribution in [2.24, 2.45) is 0 Å². The van der Waals surface area contributed by atoms with Crippen LogP contribution in [0.1, 0.15) is 46.5 Å². The first kappa shape index (κ1) is 14.5. The maximum absolute atomic E-state index is 12.2. The summed E-state index contributed by atoms with van der Waals surface area (Å²) in [6.07, 6.45) is 3.58. The Hall–Kier alpha value is -1.57. The van der Waals surface area contributed by atoms with Gasteiger partial charge >= 0.3 is 5.97 Å². The fraction of sp³-hybridized carbons (Fsp3) is 0.438. The van der Waals surface area contributed by atoms with Crippen molar-refractivity contribution in [1.29, 1.82) is 0 Å². The summed E-state index contributed by atoms with van der Waals surface area (Å²) in [6, 6.07) is 9.25. The highest BCUT2D eigenvalue weighted by Crippen LogP contribution is 2.20. The normalized spacial score (nSPS) is 9.94. The fourth-order valence-corrected chi connectivity index (χ4v) is 2.01. The molecule has 0 heterocycles. The Kier molecular flexibility index (Phi) is 6.20. The monoisotopic (exact) mass is 246 g/mol. The summed E-state index contributed by atoms with van der Waals surface area (Å²) < 4.78 is 5.42. The summed E-state index contributed by atoms with van der Waals surface area (Å²) >= 11 is 0. The van der Waals surface area contributed by atoms with Crippen LogP contribution in [0.25, 0.3) is 0 Å². The average Bonchev–Trinajstić information content (AvgIpc) is 2.40. The first-order valence-corrected chi connectivity index (χ1v) is 6.71. The minimum Gasteiger partial charge on any atom is -0.423 e. The largest absolute Gasteiger partial charge is 0.423 e. The van der Waals surface area contributed by atoms with Crippen LogP contribution in [-0.4, -0.2) is 5.97 Å². The minimum absolute atomic E-state index is 0.193. The molecule has 0 radical (unpaired) electrons. The quantitative estimate of drug-likeness (QED) is 0.419. The number of hydrogen-bond donors (Lipinski definition) is 0. The number of carbonyl (C=O) groups is 1. The number of carbonyl (C=O) groups excluding carboxylic acids is 1. The zero-order valence-electron chi connectivity index (χ0n) is 11.5. The summed E-state index contributed by atoms with van der Waals surface area (Å²) in [4.78, 5) is 12.2. The topological polar surface area (TPSA) is 26.3 Å². The third-order valence-corrected chi connectivity index (χ3v) is 2.98. The Morgan fingerprint density at radius 1 is 1.06 bits per heavy atom. The van der Waals surface area contributed by atoms with Crippen molar-refractivity contribution in [3.63, 3.8) is 0 Å². The smallest absolute Gasteiger partial charge is 0.339 e. The van der Waals surface area contributed by atoms with Gasteiger partial charge in [0.05, 0.1) is 0 Å². The zero-order valence-corrected chi connectivity index (χ0v) is 11.5. The number of para-hydroxylation sites is 1. The second-order valence-electron chi connectivity index (χ2n) is 4.24. The van der Waals surface area contributed by atoms with Crippen LogP contribution in [0, 0.1) is 0 Å². The van der Waals surface area contributed by atoms with E-state index < -0.39 is 0 Å². The van der Waals surface area contributed by atoms with Crippen molar-refractivity contribution in [2.75, 3.05) is 0 Å². The first-order chi connectivity index (χ1) is 8.72. The number of esters is 1. The van der Waals surface area contributed by atoms with Crippen LogP contribution in [0.3, 0.4) is 0 Å². The molecule has 0 aromatic heterocycles. The molecule has 0 saturated heterocycles. The number of hydrogen-bond acceptors (Lipinski definition) is 2. The summed E-state index contributed by atoms with van der Waals surface area (Å²) in [7, 11) is 0. The highest BCUT2D eigenvalue weighted by atomic mass is 16.5. The summed E-state index contributed by atoms with van der Waals surface area (Å²) in [5, 5.41) is 0. The van der Waals surface area contributed by atoms with E-state index in [1.54, 1.807) is 12.1 Å². The summed E-state index contributed by atoms with van der Waals surface area (Å²) in [6.45, 7) is 6.26. The van der Waals surface area contributed by atoms with Gasteiger partial charge in [-0.1, -0.05) is 51.0 Å². The van der Waals surface area contributed by atoms with E-state index in [0.717, 1.165) is 31.3 Å². The van der Waals surface area contributed by atoms with E-state index in [2.05, 4.69) is 20.8 Å². The lowest BCUT2D eigenvalue weighted by atomic mass is 9.99. The lowest BCUT2D eigenvalue weighted by Gasteiger charge is -2.12. The Balaban J connectivity index is 2.87. The summed E-state index contributed by atoms with van der Waals surface area (Å²) in [5.74, 6) is 0.421. The minimum atomic E-state index is -0.193. The Morgan fingerprint density at radius 2 is 1.67 bits per heavy atom. The van der Waals surface area contributed by atoms with Crippen LogP contribution in [0.15, 0.2) is 41.5 Å². The van der Waals surface area contributed by atoms with E-state index in [0.29, 0.717) is 5.75 Å². The molecular formula is C16H22O2. The van der Waals surface area contributed by atoms with Gasteiger partial charge in [-0.2, -0.15) is 0 Å². The molecule has 18 heavy (non-hydrogen) atoms. The van der Waals surface area contributed by atoms with Crippen LogP contribution in [0.4, 0.5) is 0 Å². The predicted octanol–water partition coefficient (Wildman–Crippen LogP) is 4.51. The second-order valence-corrected chi connectivity index (χ2v) is 4.24. The lowest BCUT2D eigenvalue weighted by Crippen LogP contribution is -2.13. The highest BCUT2D eigenvalue weighted by Gasteiger charge is 2.15. The molecule has 0 saturated carbocycles. The number of benzene rings is 1. The van der Waals surface area contributed by atoms with Gasteiger partial charge < -0.3 is 4.74 Å². The zero-order chi connectivity index (χ0) is 13.4. The number of rotatable bonds is 6. The van der Waals surface area contributed by atoms with Crippen molar-refractivity contribution in [3.05, 3.63) is 41.5 Å². The molecule has 0 aliphatic rings. The molecule has 0 unspecified atom stereocenters. The molecule has 0 atom stereocenters. The molecule has 0 amide bonds. The molecule has 0 bridgehead atoms. The van der Waals surface area contributed by atoms with Crippen molar-refractivity contribution in [1.82, 2.24) is 0 Å². The van der Waals surface area contributed by atoms with Crippen LogP contribution < -0.4 is 4.74 Å². The maximum Gasteiger partial charge on any atom is 0.339 e. The Bertz CT molecular complexity index is 398. The van der Waals surface area contributed by atoms with Gasteiger partial charge in [-0.15, -0.1) is 0 Å². The van der Waals surface area contributed by atoms with Crippen LogP contribution in [0.2, 0.25) is 0 Å². The van der Waals surface area contributed by atoms with Crippen LogP contribution in [0.5, 0.6) is 5.75 Å². The maximum atomic E-state index is 12.2. The standard InChI is InChI=1S/C16H22O2/c1-4-10-15(13(5-2)6-3)16(17)18-14-11-8-7-9-12-14/h7-9,11-12H,4-6,10H2,1-3H3. The molecule has 1 aromatic rings. The van der Waals surface area contributed by atoms with Gasteiger partial charge in [0.1, 0.15) is 5.75 Å². The Labute approximate surface area is 110 Å². The van der Waals surface area contributed by atoms with Gasteiger partial charge in [0.2, 0.25) is 0 Å². The van der Waals surface area contributed by atoms with Crippen molar-refractivity contribution in [3.8, 4) is 5.75 Å². The lowest BCUT2D eigenvalue weighted by molar-refractivity contribution is -0.130. The van der Waals surface area contributed by atoms with Crippen molar-refractivity contribution in [2.45, 2.75) is 46.5 Å². The van der Waals surface area contributed by atoms with Crippen LogP contribution in [-0.2, 0) is 4.79 Å². The highest BCUT2D eigenvalue weighted by molar-refractivity contribution is 5.91. The molecule has 0 aliphatic heterocycles. The van der Waals surface area contributed by atoms with E-state index in [1.165, 1.54) is 5.57 Å². The van der Waals surface area contributed by atoms with E-state index in [1.807, 2.05) is 18.2 Å². The van der Waals surface area contributed by atoms with Gasteiger partial charge in [-0.05, 0) is 31.4 Å². The molecule has 98 valence electrons. The van der Waals surface area contributed by atoms with Gasteiger partial charge in [0.15, 0.2) is 0 Å². The predicted molar refractivity (Wildman–Crippen MR) is 74.6 cm³/mol. The molecule has 0 fully saturated rings. The third kappa shape index (κ3) is 4.02. The van der Waals surface area contributed by atoms with Crippen molar-refractivity contribution >= 4 is 5.97 Å². The molecule has 2 nitrogen and oxygen atoms in total. The summed E-state index contributed by atoms with van der Waals surface area (Å²) in [5.41, 5.74) is 2.06. The van der Waals surface area contributed by atoms with Crippen molar-refractivity contribution < 1.29 is 9.53 Å². The average molecular weight is 246 g/mol. The van der Waals surface area contributed by atoms with E-state index in [9.17, 15) is 4.79 Å². The Morgan fingerprint density at radius 3 is 2.17 bits per heavy atom. The van der Waals surface area contributed by atoms with E-state index >= 15 is 0 Å². The molecule has 0 N–H and O–H groups in total. The van der Waals surface area contributed by atoms with Crippen LogP contribution >= 0.6 is 0 Å². The van der Waals surface area contributed by atoms with Gasteiger partial charge in [0.25, 0.3) is 0 Å². The second kappa shape index (κ2) is 7.70.